The first-order valence-electron chi connectivity index (χ1n) is 4.61. The van der Waals surface area contributed by atoms with Crippen molar-refractivity contribution in [2.45, 2.75) is 24.7 Å². The van der Waals surface area contributed by atoms with Gasteiger partial charge in [0.1, 0.15) is 11.0 Å². The van der Waals surface area contributed by atoms with Gasteiger partial charge in [-0.2, -0.15) is 5.26 Å². The molecule has 17 heavy (non-hydrogen) atoms. The van der Waals surface area contributed by atoms with Gasteiger partial charge in [-0.25, -0.2) is 17.2 Å². The number of alkyl halides is 2. The van der Waals surface area contributed by atoms with E-state index in [-0.39, 0.29) is 17.5 Å². The highest BCUT2D eigenvalue weighted by atomic mass is 35.7. The van der Waals surface area contributed by atoms with Crippen molar-refractivity contribution in [2.75, 3.05) is 0 Å². The lowest BCUT2D eigenvalue weighted by atomic mass is 10.0. The fourth-order valence-electron chi connectivity index (χ4n) is 1.58. The number of nitrogens with zero attached hydrogens (tertiary/aromatic N) is 1. The molecule has 1 rings (SSSR count). The Bertz CT molecular complexity index is 579. The van der Waals surface area contributed by atoms with Crippen LogP contribution in [0.5, 0.6) is 0 Å². The summed E-state index contributed by atoms with van der Waals surface area (Å²) in [6.45, 7) is 1.52. The number of nitriles is 1. The van der Waals surface area contributed by atoms with E-state index in [9.17, 15) is 17.2 Å². The Kier molecular flexibility index (Phi) is 4.07. The Hall–Kier alpha value is -1.19. The van der Waals surface area contributed by atoms with Crippen LogP contribution >= 0.6 is 10.7 Å². The van der Waals surface area contributed by atoms with E-state index in [0.717, 1.165) is 12.1 Å². The van der Waals surface area contributed by atoms with Crippen molar-refractivity contribution in [3.05, 3.63) is 28.8 Å². The van der Waals surface area contributed by atoms with Crippen LogP contribution in [0.15, 0.2) is 17.0 Å². The lowest BCUT2D eigenvalue weighted by molar-refractivity contribution is 0.150. The van der Waals surface area contributed by atoms with Gasteiger partial charge in [-0.3, -0.25) is 0 Å². The summed E-state index contributed by atoms with van der Waals surface area (Å²) < 4.78 is 48.1. The number of benzene rings is 1. The third-order valence-electron chi connectivity index (χ3n) is 2.25. The third kappa shape index (κ3) is 2.73. The van der Waals surface area contributed by atoms with Crippen molar-refractivity contribution in [3.63, 3.8) is 0 Å². The van der Waals surface area contributed by atoms with Crippen molar-refractivity contribution in [2.24, 2.45) is 0 Å². The molecular formula is C10H8ClF2NO2S. The van der Waals surface area contributed by atoms with Gasteiger partial charge in [0.15, 0.2) is 0 Å². The average Bonchev–Trinajstić information content (AvgIpc) is 2.25. The van der Waals surface area contributed by atoms with Gasteiger partial charge in [-0.15, -0.1) is 0 Å². The second-order valence-electron chi connectivity index (χ2n) is 3.21. The standard InChI is InChI=1S/C10H8ClF2NO2S/c1-2-7-8(10(12)13)4-3-6(5-14)9(7)17(11,15)16/h3-4,10H,2H2,1H3. The average molecular weight is 280 g/mol. The van der Waals surface area contributed by atoms with Crippen molar-refractivity contribution in [1.82, 2.24) is 0 Å². The predicted molar refractivity (Wildman–Crippen MR) is 58.5 cm³/mol. The van der Waals surface area contributed by atoms with E-state index in [0.29, 0.717) is 0 Å². The van der Waals surface area contributed by atoms with Crippen LogP contribution in [0.4, 0.5) is 8.78 Å². The lowest BCUT2D eigenvalue weighted by Crippen LogP contribution is -2.05. The van der Waals surface area contributed by atoms with Crippen LogP contribution in [0, 0.1) is 11.3 Å². The molecule has 0 aliphatic rings. The fourth-order valence-corrected chi connectivity index (χ4v) is 3.04. The summed E-state index contributed by atoms with van der Waals surface area (Å²) in [5.41, 5.74) is -0.735. The monoisotopic (exact) mass is 279 g/mol. The molecule has 0 fully saturated rings. The zero-order chi connectivity index (χ0) is 13.2. The van der Waals surface area contributed by atoms with E-state index in [1.807, 2.05) is 0 Å². The van der Waals surface area contributed by atoms with E-state index >= 15 is 0 Å². The fraction of sp³-hybridized carbons (Fsp3) is 0.300. The van der Waals surface area contributed by atoms with E-state index < -0.39 is 25.9 Å². The molecule has 0 N–H and O–H groups in total. The van der Waals surface area contributed by atoms with Gasteiger partial charge in [0.2, 0.25) is 0 Å². The zero-order valence-corrected chi connectivity index (χ0v) is 10.3. The quantitative estimate of drug-likeness (QED) is 0.799. The highest BCUT2D eigenvalue weighted by Crippen LogP contribution is 2.32. The molecule has 0 aliphatic heterocycles. The van der Waals surface area contributed by atoms with Crippen LogP contribution < -0.4 is 0 Å². The minimum atomic E-state index is -4.23. The molecule has 3 nitrogen and oxygen atoms in total. The van der Waals surface area contributed by atoms with Gasteiger partial charge >= 0.3 is 0 Å². The first-order chi connectivity index (χ1) is 7.82. The summed E-state index contributed by atoms with van der Waals surface area (Å²) in [6, 6.07) is 3.72. The van der Waals surface area contributed by atoms with Crippen LogP contribution in [-0.4, -0.2) is 8.42 Å². The van der Waals surface area contributed by atoms with Gasteiger partial charge < -0.3 is 0 Å². The summed E-state index contributed by atoms with van der Waals surface area (Å²) >= 11 is 0. The smallest absolute Gasteiger partial charge is 0.207 e. The number of halogens is 3. The summed E-state index contributed by atoms with van der Waals surface area (Å²) in [5, 5.41) is 8.77. The van der Waals surface area contributed by atoms with Crippen LogP contribution in [-0.2, 0) is 15.5 Å². The topological polar surface area (TPSA) is 57.9 Å². The molecule has 0 saturated carbocycles. The molecule has 0 heterocycles. The van der Waals surface area contributed by atoms with Crippen LogP contribution in [0.3, 0.4) is 0 Å². The van der Waals surface area contributed by atoms with E-state index in [1.54, 1.807) is 6.07 Å². The molecule has 0 spiro atoms. The maximum absolute atomic E-state index is 12.7. The molecule has 0 radical (unpaired) electrons. The number of rotatable bonds is 3. The first-order valence-corrected chi connectivity index (χ1v) is 6.92. The molecule has 0 aromatic heterocycles. The molecule has 0 saturated heterocycles. The first kappa shape index (κ1) is 13.9. The second kappa shape index (κ2) is 4.98. The van der Waals surface area contributed by atoms with Gasteiger partial charge in [0, 0.05) is 16.2 Å². The van der Waals surface area contributed by atoms with E-state index in [2.05, 4.69) is 0 Å². The Labute approximate surface area is 102 Å². The SMILES string of the molecule is CCc1c(C(F)F)ccc(C#N)c1S(=O)(=O)Cl. The summed E-state index contributed by atoms with van der Waals surface area (Å²) in [4.78, 5) is -0.512. The number of hydrogen-bond donors (Lipinski definition) is 0. The van der Waals surface area contributed by atoms with Crippen LogP contribution in [0.1, 0.15) is 30.0 Å². The molecule has 1 aromatic carbocycles. The predicted octanol–water partition coefficient (Wildman–Crippen LogP) is 2.99. The molecule has 1 aromatic rings. The van der Waals surface area contributed by atoms with Crippen molar-refractivity contribution < 1.29 is 17.2 Å². The van der Waals surface area contributed by atoms with Crippen LogP contribution in [0.25, 0.3) is 0 Å². The minimum Gasteiger partial charge on any atom is -0.207 e. The largest absolute Gasteiger partial charge is 0.264 e. The normalized spacial score (nSPS) is 11.5. The Morgan fingerprint density at radius 2 is 2.06 bits per heavy atom. The van der Waals surface area contributed by atoms with Gasteiger partial charge in [-0.1, -0.05) is 13.0 Å². The Balaban J connectivity index is 3.75. The Morgan fingerprint density at radius 1 is 1.47 bits per heavy atom. The maximum Gasteiger partial charge on any atom is 0.264 e. The molecule has 0 amide bonds. The summed E-state index contributed by atoms with van der Waals surface area (Å²) in [6.07, 6.45) is -2.76. The van der Waals surface area contributed by atoms with Crippen LogP contribution in [0.2, 0.25) is 0 Å². The molecule has 0 atom stereocenters. The molecule has 0 aliphatic carbocycles. The van der Waals surface area contributed by atoms with Crippen molar-refractivity contribution in [1.29, 1.82) is 5.26 Å². The highest BCUT2D eigenvalue weighted by molar-refractivity contribution is 8.13. The lowest BCUT2D eigenvalue weighted by Gasteiger charge is -2.12. The second-order valence-corrected chi connectivity index (χ2v) is 5.72. The molecule has 0 bridgehead atoms. The molecule has 92 valence electrons. The minimum absolute atomic E-state index is 0.0521. The van der Waals surface area contributed by atoms with Crippen molar-refractivity contribution >= 4 is 19.7 Å². The van der Waals surface area contributed by atoms with Gasteiger partial charge in [0.25, 0.3) is 15.5 Å². The van der Waals surface area contributed by atoms with Gasteiger partial charge in [0.05, 0.1) is 5.56 Å². The van der Waals surface area contributed by atoms with E-state index in [4.69, 9.17) is 15.9 Å². The number of hydrogen-bond acceptors (Lipinski definition) is 3. The zero-order valence-electron chi connectivity index (χ0n) is 8.75. The van der Waals surface area contributed by atoms with Crippen molar-refractivity contribution in [3.8, 4) is 6.07 Å². The Morgan fingerprint density at radius 3 is 2.41 bits per heavy atom. The highest BCUT2D eigenvalue weighted by Gasteiger charge is 2.25. The molecule has 7 heteroatoms. The maximum atomic E-state index is 12.7. The molecule has 0 unspecified atom stereocenters. The summed E-state index contributed by atoms with van der Waals surface area (Å²) in [7, 11) is 0.951. The summed E-state index contributed by atoms with van der Waals surface area (Å²) in [5.74, 6) is 0. The van der Waals surface area contributed by atoms with Gasteiger partial charge in [-0.05, 0) is 18.1 Å². The van der Waals surface area contributed by atoms with E-state index in [1.165, 1.54) is 6.92 Å². The molecular weight excluding hydrogens is 272 g/mol. The third-order valence-corrected chi connectivity index (χ3v) is 3.67.